The van der Waals surface area contributed by atoms with Crippen LogP contribution in [0.3, 0.4) is 0 Å². The Hall–Kier alpha value is 0.530. The topological polar surface area (TPSA) is 0 Å². The molecule has 0 nitrogen and oxygen atoms in total. The third kappa shape index (κ3) is 8.85. The molecule has 0 unspecified atom stereocenters. The fourth-order valence-corrected chi connectivity index (χ4v) is 3.39. The smallest absolute Gasteiger partial charge is 0.0534 e. The van der Waals surface area contributed by atoms with Gasteiger partial charge in [-0.05, 0) is 24.7 Å². The first-order valence-electron chi connectivity index (χ1n) is 4.65. The Bertz CT molecular complexity index is 163. The van der Waals surface area contributed by atoms with Crippen molar-refractivity contribution in [3.8, 4) is 0 Å². The zero-order valence-corrected chi connectivity index (χ0v) is 11.2. The van der Waals surface area contributed by atoms with E-state index in [1.54, 1.807) is 11.8 Å². The molecule has 0 rings (SSSR count). The highest BCUT2D eigenvalue weighted by molar-refractivity contribution is 8.38. The molecule has 0 aromatic heterocycles. The van der Waals surface area contributed by atoms with Gasteiger partial charge in [-0.1, -0.05) is 63.9 Å². The van der Waals surface area contributed by atoms with Crippen LogP contribution in [0.5, 0.6) is 0 Å². The van der Waals surface area contributed by atoms with Crippen LogP contribution in [-0.2, 0) is 0 Å². The molecule has 0 aliphatic heterocycles. The molecule has 0 N–H and O–H groups in total. The molecule has 0 fully saturated rings. The zero-order chi connectivity index (χ0) is 10.4. The molecular formula is C10H18S3. The Morgan fingerprint density at radius 3 is 1.46 bits per heavy atom. The number of thioether (sulfide) groups is 1. The van der Waals surface area contributed by atoms with Crippen LogP contribution < -0.4 is 0 Å². The van der Waals surface area contributed by atoms with Gasteiger partial charge >= 0.3 is 0 Å². The summed E-state index contributed by atoms with van der Waals surface area (Å²) in [5.74, 6) is 1.28. The van der Waals surface area contributed by atoms with E-state index < -0.39 is 0 Å². The van der Waals surface area contributed by atoms with Crippen LogP contribution >= 0.6 is 36.2 Å². The minimum absolute atomic E-state index is 0.641. The third-order valence-electron chi connectivity index (χ3n) is 1.38. The Balaban J connectivity index is 3.72. The lowest BCUT2D eigenvalue weighted by molar-refractivity contribution is 0.691. The van der Waals surface area contributed by atoms with E-state index >= 15 is 0 Å². The van der Waals surface area contributed by atoms with Gasteiger partial charge in [0.1, 0.15) is 0 Å². The number of hydrogen-bond acceptors (Lipinski definition) is 3. The monoisotopic (exact) mass is 234 g/mol. The van der Waals surface area contributed by atoms with E-state index in [1.165, 1.54) is 0 Å². The van der Waals surface area contributed by atoms with Gasteiger partial charge in [-0.15, -0.1) is 0 Å². The lowest BCUT2D eigenvalue weighted by Crippen LogP contribution is -2.02. The average molecular weight is 234 g/mol. The number of hydrogen-bond donors (Lipinski definition) is 0. The van der Waals surface area contributed by atoms with Crippen LogP contribution in [-0.4, -0.2) is 8.39 Å². The summed E-state index contributed by atoms with van der Waals surface area (Å²) in [5, 5.41) is 0. The van der Waals surface area contributed by atoms with Gasteiger partial charge in [0, 0.05) is 0 Å². The molecule has 0 saturated heterocycles. The first kappa shape index (κ1) is 13.5. The van der Waals surface area contributed by atoms with E-state index in [4.69, 9.17) is 24.4 Å². The fraction of sp³-hybridized carbons (Fsp3) is 0.800. The summed E-state index contributed by atoms with van der Waals surface area (Å²) < 4.78 is 2.08. The van der Waals surface area contributed by atoms with Crippen molar-refractivity contribution in [2.75, 3.05) is 0 Å². The molecule has 0 saturated carbocycles. The lowest BCUT2D eigenvalue weighted by atomic mass is 10.2. The highest BCUT2D eigenvalue weighted by atomic mass is 32.2. The Morgan fingerprint density at radius 1 is 0.923 bits per heavy atom. The highest BCUT2D eigenvalue weighted by Crippen LogP contribution is 2.19. The predicted octanol–water partition coefficient (Wildman–Crippen LogP) is 4.47. The molecule has 0 atom stereocenters. The van der Waals surface area contributed by atoms with E-state index in [0.29, 0.717) is 11.8 Å². The third-order valence-corrected chi connectivity index (χ3v) is 3.00. The van der Waals surface area contributed by atoms with Crippen molar-refractivity contribution < 1.29 is 0 Å². The van der Waals surface area contributed by atoms with Crippen molar-refractivity contribution in [2.24, 2.45) is 11.8 Å². The summed E-state index contributed by atoms with van der Waals surface area (Å²) in [5.41, 5.74) is 0. The molecule has 0 aromatic carbocycles. The maximum absolute atomic E-state index is 5.23. The molecule has 0 spiro atoms. The molecule has 3 heteroatoms. The molecular weight excluding hydrogens is 216 g/mol. The lowest BCUT2D eigenvalue weighted by Gasteiger charge is -2.08. The number of rotatable bonds is 4. The van der Waals surface area contributed by atoms with Crippen molar-refractivity contribution in [3.63, 3.8) is 0 Å². The van der Waals surface area contributed by atoms with Gasteiger partial charge in [0.05, 0.1) is 8.39 Å². The second kappa shape index (κ2) is 6.91. The van der Waals surface area contributed by atoms with E-state index in [9.17, 15) is 0 Å². The molecule has 0 bridgehead atoms. The quantitative estimate of drug-likeness (QED) is 0.659. The molecule has 13 heavy (non-hydrogen) atoms. The maximum atomic E-state index is 5.23. The zero-order valence-electron chi connectivity index (χ0n) is 8.79. The van der Waals surface area contributed by atoms with E-state index in [0.717, 1.165) is 21.2 Å². The SMILES string of the molecule is CC(C)CC(=S)SC(=S)CC(C)C. The van der Waals surface area contributed by atoms with Crippen molar-refractivity contribution in [2.45, 2.75) is 40.5 Å². The highest BCUT2D eigenvalue weighted by Gasteiger charge is 2.07. The van der Waals surface area contributed by atoms with Gasteiger partial charge < -0.3 is 0 Å². The van der Waals surface area contributed by atoms with E-state index in [2.05, 4.69) is 27.7 Å². The summed E-state index contributed by atoms with van der Waals surface area (Å²) in [4.78, 5) is 0. The summed E-state index contributed by atoms with van der Waals surface area (Å²) in [6, 6.07) is 0. The summed E-state index contributed by atoms with van der Waals surface area (Å²) in [6.45, 7) is 8.72. The average Bonchev–Trinajstić information content (AvgIpc) is 1.80. The molecule has 0 aliphatic rings. The largest absolute Gasteiger partial charge is 0.0770 e. The Morgan fingerprint density at radius 2 is 1.23 bits per heavy atom. The fourth-order valence-electron chi connectivity index (χ4n) is 0.877. The molecule has 76 valence electrons. The summed E-state index contributed by atoms with van der Waals surface area (Å²) >= 11 is 12.1. The van der Waals surface area contributed by atoms with Gasteiger partial charge in [-0.2, -0.15) is 0 Å². The second-order valence-electron chi connectivity index (χ2n) is 4.04. The van der Waals surface area contributed by atoms with E-state index in [1.807, 2.05) is 0 Å². The Labute approximate surface area is 96.9 Å². The van der Waals surface area contributed by atoms with Crippen LogP contribution in [0.4, 0.5) is 0 Å². The molecule has 0 heterocycles. The van der Waals surface area contributed by atoms with E-state index in [-0.39, 0.29) is 0 Å². The van der Waals surface area contributed by atoms with Gasteiger partial charge in [0.2, 0.25) is 0 Å². The first-order valence-corrected chi connectivity index (χ1v) is 6.28. The van der Waals surface area contributed by atoms with Crippen molar-refractivity contribution in [3.05, 3.63) is 0 Å². The summed E-state index contributed by atoms with van der Waals surface area (Å²) in [6.07, 6.45) is 2.00. The number of thiocarbonyl (C=S) groups is 2. The van der Waals surface area contributed by atoms with Crippen LogP contribution in [0, 0.1) is 11.8 Å². The normalized spacial score (nSPS) is 10.9. The van der Waals surface area contributed by atoms with Crippen molar-refractivity contribution in [1.82, 2.24) is 0 Å². The minimum Gasteiger partial charge on any atom is -0.0770 e. The maximum Gasteiger partial charge on any atom is 0.0534 e. The van der Waals surface area contributed by atoms with Crippen molar-refractivity contribution >= 4 is 44.6 Å². The van der Waals surface area contributed by atoms with Gasteiger partial charge in [0.15, 0.2) is 0 Å². The first-order chi connectivity index (χ1) is 5.91. The van der Waals surface area contributed by atoms with Gasteiger partial charge in [0.25, 0.3) is 0 Å². The second-order valence-corrected chi connectivity index (χ2v) is 6.73. The molecule has 0 aromatic rings. The van der Waals surface area contributed by atoms with Crippen LogP contribution in [0.2, 0.25) is 0 Å². The Kier molecular flexibility index (Phi) is 7.19. The molecule has 0 amide bonds. The predicted molar refractivity (Wildman–Crippen MR) is 71.7 cm³/mol. The molecule has 0 radical (unpaired) electrons. The van der Waals surface area contributed by atoms with Gasteiger partial charge in [-0.25, -0.2) is 0 Å². The minimum atomic E-state index is 0.641. The van der Waals surface area contributed by atoms with Crippen LogP contribution in [0.1, 0.15) is 40.5 Å². The standard InChI is InChI=1S/C10H18S3/c1-7(2)5-9(11)13-10(12)6-8(3)4/h7-8H,5-6H2,1-4H3. The van der Waals surface area contributed by atoms with Gasteiger partial charge in [-0.3, -0.25) is 0 Å². The van der Waals surface area contributed by atoms with Crippen LogP contribution in [0.25, 0.3) is 0 Å². The summed E-state index contributed by atoms with van der Waals surface area (Å²) in [7, 11) is 0. The van der Waals surface area contributed by atoms with Crippen LogP contribution in [0.15, 0.2) is 0 Å². The molecule has 0 aliphatic carbocycles. The van der Waals surface area contributed by atoms with Crippen molar-refractivity contribution in [1.29, 1.82) is 0 Å².